The molecule has 0 saturated heterocycles. The Hall–Kier alpha value is -1.81. The first-order valence-corrected chi connectivity index (χ1v) is 5.89. The van der Waals surface area contributed by atoms with Crippen LogP contribution in [-0.4, -0.2) is 17.1 Å². The molecule has 4 nitrogen and oxygen atoms in total. The standard InChI is InChI=1S/C13H14ClN3O/c1-8-6-10(18-3)4-5-11(8)17-13-7-12(14)15-9(2)16-13/h4-7H,1-3H3,(H,15,16,17). The highest BCUT2D eigenvalue weighted by atomic mass is 35.5. The third-order valence-electron chi connectivity index (χ3n) is 2.50. The van der Waals surface area contributed by atoms with Crippen molar-refractivity contribution in [2.24, 2.45) is 0 Å². The summed E-state index contributed by atoms with van der Waals surface area (Å²) < 4.78 is 5.16. The van der Waals surface area contributed by atoms with Gasteiger partial charge in [-0.05, 0) is 37.6 Å². The molecule has 0 aliphatic carbocycles. The summed E-state index contributed by atoms with van der Waals surface area (Å²) in [5, 5.41) is 3.64. The second-order valence-corrected chi connectivity index (χ2v) is 4.32. The summed E-state index contributed by atoms with van der Waals surface area (Å²) in [7, 11) is 1.65. The van der Waals surface area contributed by atoms with Crippen molar-refractivity contribution in [1.82, 2.24) is 9.97 Å². The molecule has 1 aromatic carbocycles. The van der Waals surface area contributed by atoms with Gasteiger partial charge in [-0.15, -0.1) is 0 Å². The third kappa shape index (κ3) is 2.90. The lowest BCUT2D eigenvalue weighted by atomic mass is 10.2. The van der Waals surface area contributed by atoms with Crippen molar-refractivity contribution in [3.8, 4) is 5.75 Å². The van der Waals surface area contributed by atoms with E-state index in [4.69, 9.17) is 16.3 Å². The highest BCUT2D eigenvalue weighted by molar-refractivity contribution is 6.29. The van der Waals surface area contributed by atoms with Gasteiger partial charge in [0.05, 0.1) is 7.11 Å². The van der Waals surface area contributed by atoms with Gasteiger partial charge >= 0.3 is 0 Å². The van der Waals surface area contributed by atoms with Gasteiger partial charge in [-0.2, -0.15) is 0 Å². The number of nitrogens with zero attached hydrogens (tertiary/aromatic N) is 2. The summed E-state index contributed by atoms with van der Waals surface area (Å²) in [5.41, 5.74) is 2.03. The van der Waals surface area contributed by atoms with Crippen LogP contribution in [0.3, 0.4) is 0 Å². The van der Waals surface area contributed by atoms with Crippen LogP contribution in [0.2, 0.25) is 5.15 Å². The van der Waals surface area contributed by atoms with Crippen LogP contribution in [0.25, 0.3) is 0 Å². The first kappa shape index (κ1) is 12.6. The zero-order chi connectivity index (χ0) is 13.1. The van der Waals surface area contributed by atoms with Crippen molar-refractivity contribution in [2.75, 3.05) is 12.4 Å². The lowest BCUT2D eigenvalue weighted by Crippen LogP contribution is -1.99. The predicted molar refractivity (Wildman–Crippen MR) is 72.8 cm³/mol. The molecule has 0 bridgehead atoms. The van der Waals surface area contributed by atoms with Crippen LogP contribution in [0.5, 0.6) is 5.75 Å². The highest BCUT2D eigenvalue weighted by Gasteiger charge is 2.04. The van der Waals surface area contributed by atoms with Crippen LogP contribution in [0, 0.1) is 13.8 Å². The molecule has 0 saturated carbocycles. The molecule has 0 atom stereocenters. The summed E-state index contributed by atoms with van der Waals surface area (Å²) >= 11 is 5.89. The molecule has 1 aromatic heterocycles. The second kappa shape index (κ2) is 5.23. The molecular weight excluding hydrogens is 250 g/mol. The van der Waals surface area contributed by atoms with Crippen LogP contribution in [0.15, 0.2) is 24.3 Å². The number of aryl methyl sites for hydroxylation is 2. The number of anilines is 2. The Bertz CT molecular complexity index is 552. The van der Waals surface area contributed by atoms with Gasteiger partial charge in [0.15, 0.2) is 0 Å². The minimum absolute atomic E-state index is 0.427. The molecule has 18 heavy (non-hydrogen) atoms. The molecule has 94 valence electrons. The van der Waals surface area contributed by atoms with E-state index in [2.05, 4.69) is 15.3 Å². The molecule has 1 heterocycles. The smallest absolute Gasteiger partial charge is 0.135 e. The Morgan fingerprint density at radius 1 is 1.17 bits per heavy atom. The van der Waals surface area contributed by atoms with Crippen molar-refractivity contribution < 1.29 is 4.74 Å². The average Bonchev–Trinajstić information content (AvgIpc) is 2.30. The van der Waals surface area contributed by atoms with E-state index in [1.54, 1.807) is 20.1 Å². The van der Waals surface area contributed by atoms with E-state index in [0.717, 1.165) is 17.0 Å². The molecule has 0 spiro atoms. The third-order valence-corrected chi connectivity index (χ3v) is 2.70. The maximum absolute atomic E-state index is 5.89. The Morgan fingerprint density at radius 3 is 2.56 bits per heavy atom. The van der Waals surface area contributed by atoms with E-state index in [1.165, 1.54) is 0 Å². The van der Waals surface area contributed by atoms with Crippen LogP contribution < -0.4 is 10.1 Å². The zero-order valence-corrected chi connectivity index (χ0v) is 11.2. The summed E-state index contributed by atoms with van der Waals surface area (Å²) in [5.74, 6) is 2.15. The van der Waals surface area contributed by atoms with Crippen LogP contribution >= 0.6 is 11.6 Å². The second-order valence-electron chi connectivity index (χ2n) is 3.93. The number of nitrogens with one attached hydrogen (secondary N) is 1. The number of hydrogen-bond donors (Lipinski definition) is 1. The van der Waals surface area contributed by atoms with Gasteiger partial charge < -0.3 is 10.1 Å². The van der Waals surface area contributed by atoms with Gasteiger partial charge in [-0.3, -0.25) is 0 Å². The van der Waals surface area contributed by atoms with Crippen molar-refractivity contribution in [2.45, 2.75) is 13.8 Å². The van der Waals surface area contributed by atoms with Crippen molar-refractivity contribution in [3.05, 3.63) is 40.8 Å². The van der Waals surface area contributed by atoms with Gasteiger partial charge in [0.25, 0.3) is 0 Å². The first-order chi connectivity index (χ1) is 8.58. The fourth-order valence-electron chi connectivity index (χ4n) is 1.64. The molecule has 0 amide bonds. The Labute approximate surface area is 111 Å². The Balaban J connectivity index is 2.28. The number of methoxy groups -OCH3 is 1. The van der Waals surface area contributed by atoms with Crippen LogP contribution in [0.4, 0.5) is 11.5 Å². The molecule has 0 radical (unpaired) electrons. The summed E-state index contributed by atoms with van der Waals surface area (Å²) in [4.78, 5) is 8.30. The fourth-order valence-corrected chi connectivity index (χ4v) is 1.86. The van der Waals surface area contributed by atoms with Crippen molar-refractivity contribution in [3.63, 3.8) is 0 Å². The Morgan fingerprint density at radius 2 is 1.94 bits per heavy atom. The number of hydrogen-bond acceptors (Lipinski definition) is 4. The molecule has 0 aliphatic heterocycles. The van der Waals surface area contributed by atoms with Crippen LogP contribution in [-0.2, 0) is 0 Å². The normalized spacial score (nSPS) is 10.2. The van der Waals surface area contributed by atoms with Crippen molar-refractivity contribution >= 4 is 23.1 Å². The topological polar surface area (TPSA) is 47.0 Å². The summed E-state index contributed by atoms with van der Waals surface area (Å²) in [6, 6.07) is 7.49. The number of ether oxygens (including phenoxy) is 1. The van der Waals surface area contributed by atoms with Gasteiger partial charge in [0.1, 0.15) is 22.5 Å². The molecule has 0 fully saturated rings. The van der Waals surface area contributed by atoms with Gasteiger partial charge in [0.2, 0.25) is 0 Å². The SMILES string of the molecule is COc1ccc(Nc2cc(Cl)nc(C)n2)c(C)c1. The van der Waals surface area contributed by atoms with E-state index in [0.29, 0.717) is 16.8 Å². The van der Waals surface area contributed by atoms with E-state index in [-0.39, 0.29) is 0 Å². The number of aromatic nitrogens is 2. The summed E-state index contributed by atoms with van der Waals surface area (Å²) in [6.45, 7) is 3.80. The quantitative estimate of drug-likeness (QED) is 0.861. The maximum Gasteiger partial charge on any atom is 0.135 e. The number of benzene rings is 1. The zero-order valence-electron chi connectivity index (χ0n) is 10.5. The van der Waals surface area contributed by atoms with E-state index >= 15 is 0 Å². The minimum Gasteiger partial charge on any atom is -0.497 e. The van der Waals surface area contributed by atoms with Gasteiger partial charge in [-0.25, -0.2) is 9.97 Å². The molecule has 2 rings (SSSR count). The summed E-state index contributed by atoms with van der Waals surface area (Å²) in [6.07, 6.45) is 0. The van der Waals surface area contributed by atoms with E-state index in [9.17, 15) is 0 Å². The number of halogens is 1. The molecule has 0 unspecified atom stereocenters. The highest BCUT2D eigenvalue weighted by Crippen LogP contribution is 2.24. The predicted octanol–water partition coefficient (Wildman–Crippen LogP) is 3.50. The largest absolute Gasteiger partial charge is 0.497 e. The van der Waals surface area contributed by atoms with E-state index in [1.807, 2.05) is 25.1 Å². The van der Waals surface area contributed by atoms with Crippen molar-refractivity contribution in [1.29, 1.82) is 0 Å². The average molecular weight is 264 g/mol. The molecule has 0 aliphatic rings. The molecule has 5 heteroatoms. The minimum atomic E-state index is 0.427. The number of rotatable bonds is 3. The first-order valence-electron chi connectivity index (χ1n) is 5.51. The van der Waals surface area contributed by atoms with E-state index < -0.39 is 0 Å². The Kier molecular flexibility index (Phi) is 3.67. The lowest BCUT2D eigenvalue weighted by Gasteiger charge is -2.10. The molecule has 1 N–H and O–H groups in total. The molecule has 2 aromatic rings. The monoisotopic (exact) mass is 263 g/mol. The van der Waals surface area contributed by atoms with Gasteiger partial charge in [0, 0.05) is 11.8 Å². The molecular formula is C13H14ClN3O. The fraction of sp³-hybridized carbons (Fsp3) is 0.231. The van der Waals surface area contributed by atoms with Gasteiger partial charge in [-0.1, -0.05) is 11.6 Å². The lowest BCUT2D eigenvalue weighted by molar-refractivity contribution is 0.414. The van der Waals surface area contributed by atoms with Crippen LogP contribution in [0.1, 0.15) is 11.4 Å². The maximum atomic E-state index is 5.89.